The second-order valence-corrected chi connectivity index (χ2v) is 4.50. The van der Waals surface area contributed by atoms with Crippen LogP contribution in [-0.2, 0) is 4.79 Å². The third-order valence-corrected chi connectivity index (χ3v) is 2.76. The van der Waals surface area contributed by atoms with Crippen molar-refractivity contribution in [1.82, 2.24) is 14.9 Å². The molecule has 0 N–H and O–H groups in total. The number of carbonyl (C=O) groups excluding carboxylic acids is 1. The summed E-state index contributed by atoms with van der Waals surface area (Å²) in [5.74, 6) is 0.229. The van der Waals surface area contributed by atoms with Crippen molar-refractivity contribution in [2.45, 2.75) is 26.4 Å². The highest BCUT2D eigenvalue weighted by atomic mass is 16.5. The van der Waals surface area contributed by atoms with E-state index in [4.69, 9.17) is 4.74 Å². The molecule has 0 radical (unpaired) electrons. The number of aromatic nitrogens is 2. The molecule has 0 spiro atoms. The maximum atomic E-state index is 11.8. The van der Waals surface area contributed by atoms with E-state index in [0.717, 1.165) is 13.0 Å². The highest BCUT2D eigenvalue weighted by Crippen LogP contribution is 2.16. The largest absolute Gasteiger partial charge is 0.458 e. The van der Waals surface area contributed by atoms with E-state index in [1.807, 2.05) is 18.7 Å². The number of amides is 1. The van der Waals surface area contributed by atoms with Crippen LogP contribution in [0.1, 0.15) is 20.3 Å². The Kier molecular flexibility index (Phi) is 3.56. The smallest absolute Gasteiger partial charge is 0.316 e. The van der Waals surface area contributed by atoms with Crippen molar-refractivity contribution in [2.75, 3.05) is 13.1 Å². The van der Waals surface area contributed by atoms with Gasteiger partial charge in [-0.1, -0.05) is 13.8 Å². The molecule has 1 fully saturated rings. The molecule has 1 atom stereocenters. The summed E-state index contributed by atoms with van der Waals surface area (Å²) in [6.45, 7) is 5.22. The van der Waals surface area contributed by atoms with Crippen LogP contribution in [0, 0.1) is 5.92 Å². The summed E-state index contributed by atoms with van der Waals surface area (Å²) in [6, 6.07) is 2.13. The van der Waals surface area contributed by atoms with Gasteiger partial charge in [0.25, 0.3) is 0 Å². The summed E-state index contributed by atoms with van der Waals surface area (Å²) in [7, 11) is 0. The monoisotopic (exact) mass is 235 g/mol. The van der Waals surface area contributed by atoms with E-state index in [1.165, 1.54) is 0 Å². The molecule has 2 heterocycles. The van der Waals surface area contributed by atoms with Gasteiger partial charge in [0.2, 0.25) is 5.91 Å². The standard InChI is InChI=1S/C12H17N3O2/c1-9(2)11(16)15-7-4-10(8-15)17-12-13-5-3-6-14-12/h3,5-6,9-10H,4,7-8H2,1-2H3. The fourth-order valence-corrected chi connectivity index (χ4v) is 1.89. The van der Waals surface area contributed by atoms with E-state index in [2.05, 4.69) is 9.97 Å². The van der Waals surface area contributed by atoms with Gasteiger partial charge in [-0.2, -0.15) is 0 Å². The fourth-order valence-electron chi connectivity index (χ4n) is 1.89. The Morgan fingerprint density at radius 3 is 2.82 bits per heavy atom. The summed E-state index contributed by atoms with van der Waals surface area (Å²) < 4.78 is 5.62. The first-order valence-electron chi connectivity index (χ1n) is 5.89. The second-order valence-electron chi connectivity index (χ2n) is 4.50. The molecule has 2 rings (SSSR count). The van der Waals surface area contributed by atoms with E-state index in [9.17, 15) is 4.79 Å². The minimum atomic E-state index is 0.0140. The van der Waals surface area contributed by atoms with Crippen molar-refractivity contribution >= 4 is 5.91 Å². The number of carbonyl (C=O) groups is 1. The van der Waals surface area contributed by atoms with Crippen LogP contribution in [0.2, 0.25) is 0 Å². The Morgan fingerprint density at radius 2 is 2.18 bits per heavy atom. The van der Waals surface area contributed by atoms with Crippen molar-refractivity contribution in [3.05, 3.63) is 18.5 Å². The lowest BCUT2D eigenvalue weighted by atomic mass is 10.2. The van der Waals surface area contributed by atoms with Gasteiger partial charge in [-0.3, -0.25) is 4.79 Å². The summed E-state index contributed by atoms with van der Waals surface area (Å²) in [4.78, 5) is 21.6. The lowest BCUT2D eigenvalue weighted by molar-refractivity contribution is -0.133. The molecular formula is C12H17N3O2. The van der Waals surface area contributed by atoms with Gasteiger partial charge in [-0.15, -0.1) is 0 Å². The second kappa shape index (κ2) is 5.12. The molecule has 0 aliphatic carbocycles. The molecule has 0 aromatic carbocycles. The molecule has 1 aromatic heterocycles. The van der Waals surface area contributed by atoms with Crippen molar-refractivity contribution in [2.24, 2.45) is 5.92 Å². The first-order valence-corrected chi connectivity index (χ1v) is 5.89. The van der Waals surface area contributed by atoms with Gasteiger partial charge in [0.1, 0.15) is 6.10 Å². The van der Waals surface area contributed by atoms with Crippen LogP contribution >= 0.6 is 0 Å². The van der Waals surface area contributed by atoms with E-state index in [0.29, 0.717) is 12.6 Å². The van der Waals surface area contributed by atoms with E-state index in [1.54, 1.807) is 18.5 Å². The van der Waals surface area contributed by atoms with Crippen LogP contribution in [0.15, 0.2) is 18.5 Å². The Bertz CT molecular complexity index is 381. The molecule has 5 nitrogen and oxygen atoms in total. The summed E-state index contributed by atoms with van der Waals surface area (Å²) in [5.41, 5.74) is 0. The minimum absolute atomic E-state index is 0.0140. The van der Waals surface area contributed by atoms with E-state index in [-0.39, 0.29) is 17.9 Å². The number of hydrogen-bond donors (Lipinski definition) is 0. The highest BCUT2D eigenvalue weighted by Gasteiger charge is 2.29. The van der Waals surface area contributed by atoms with Crippen molar-refractivity contribution in [3.63, 3.8) is 0 Å². The van der Waals surface area contributed by atoms with Crippen LogP contribution in [0.4, 0.5) is 0 Å². The van der Waals surface area contributed by atoms with Gasteiger partial charge >= 0.3 is 6.01 Å². The summed E-state index contributed by atoms with van der Waals surface area (Å²) >= 11 is 0. The number of rotatable bonds is 3. The van der Waals surface area contributed by atoms with Gasteiger partial charge < -0.3 is 9.64 Å². The molecular weight excluding hydrogens is 218 g/mol. The number of ether oxygens (including phenoxy) is 1. The molecule has 1 aliphatic heterocycles. The zero-order chi connectivity index (χ0) is 12.3. The number of hydrogen-bond acceptors (Lipinski definition) is 4. The molecule has 1 aliphatic rings. The molecule has 1 aromatic rings. The van der Waals surface area contributed by atoms with E-state index < -0.39 is 0 Å². The van der Waals surface area contributed by atoms with Crippen LogP contribution < -0.4 is 4.74 Å². The molecule has 1 unspecified atom stereocenters. The lowest BCUT2D eigenvalue weighted by Gasteiger charge is -2.18. The number of nitrogens with zero attached hydrogens (tertiary/aromatic N) is 3. The third-order valence-electron chi connectivity index (χ3n) is 2.76. The van der Waals surface area contributed by atoms with Gasteiger partial charge in [0.15, 0.2) is 0 Å². The first-order chi connectivity index (χ1) is 8.16. The molecule has 1 amide bonds. The molecule has 5 heteroatoms. The van der Waals surface area contributed by atoms with Gasteiger partial charge in [0, 0.05) is 31.3 Å². The topological polar surface area (TPSA) is 55.3 Å². The Hall–Kier alpha value is -1.65. The molecule has 0 saturated carbocycles. The lowest BCUT2D eigenvalue weighted by Crippen LogP contribution is -2.33. The molecule has 92 valence electrons. The first kappa shape index (κ1) is 11.8. The van der Waals surface area contributed by atoms with Crippen LogP contribution in [0.5, 0.6) is 6.01 Å². The predicted molar refractivity (Wildman–Crippen MR) is 62.5 cm³/mol. The van der Waals surface area contributed by atoms with Crippen molar-refractivity contribution in [3.8, 4) is 6.01 Å². The van der Waals surface area contributed by atoms with Crippen LogP contribution in [-0.4, -0.2) is 40.0 Å². The fraction of sp³-hybridized carbons (Fsp3) is 0.583. The van der Waals surface area contributed by atoms with Crippen molar-refractivity contribution in [1.29, 1.82) is 0 Å². The zero-order valence-corrected chi connectivity index (χ0v) is 10.2. The quantitative estimate of drug-likeness (QED) is 0.787. The average molecular weight is 235 g/mol. The zero-order valence-electron chi connectivity index (χ0n) is 10.2. The van der Waals surface area contributed by atoms with Crippen LogP contribution in [0.25, 0.3) is 0 Å². The highest BCUT2D eigenvalue weighted by molar-refractivity contribution is 5.78. The van der Waals surface area contributed by atoms with Crippen LogP contribution in [0.3, 0.4) is 0 Å². The average Bonchev–Trinajstić information content (AvgIpc) is 2.77. The van der Waals surface area contributed by atoms with Gasteiger partial charge in [-0.25, -0.2) is 9.97 Å². The summed E-state index contributed by atoms with van der Waals surface area (Å²) in [5, 5.41) is 0. The molecule has 0 bridgehead atoms. The maximum Gasteiger partial charge on any atom is 0.316 e. The Labute approximate surface area is 101 Å². The predicted octanol–water partition coefficient (Wildman–Crippen LogP) is 1.11. The maximum absolute atomic E-state index is 11.8. The summed E-state index contributed by atoms with van der Waals surface area (Å²) in [6.07, 6.45) is 4.15. The van der Waals surface area contributed by atoms with E-state index >= 15 is 0 Å². The Balaban J connectivity index is 1.88. The van der Waals surface area contributed by atoms with Gasteiger partial charge in [0.05, 0.1) is 6.54 Å². The Morgan fingerprint density at radius 1 is 1.47 bits per heavy atom. The SMILES string of the molecule is CC(C)C(=O)N1CCC(Oc2ncccn2)C1. The third kappa shape index (κ3) is 2.93. The van der Waals surface area contributed by atoms with Crippen molar-refractivity contribution < 1.29 is 9.53 Å². The molecule has 17 heavy (non-hydrogen) atoms. The normalized spacial score (nSPS) is 19.7. The molecule has 1 saturated heterocycles. The minimum Gasteiger partial charge on any atom is -0.458 e. The number of likely N-dealkylation sites (tertiary alicyclic amines) is 1. The van der Waals surface area contributed by atoms with Gasteiger partial charge in [-0.05, 0) is 6.07 Å².